The van der Waals surface area contributed by atoms with Crippen LogP contribution in [0.15, 0.2) is 36.5 Å². The van der Waals surface area contributed by atoms with Gasteiger partial charge in [0, 0.05) is 0 Å². The first kappa shape index (κ1) is 16.8. The van der Waals surface area contributed by atoms with E-state index in [2.05, 4.69) is 48.2 Å². The van der Waals surface area contributed by atoms with Crippen molar-refractivity contribution >= 4 is 23.3 Å². The molecule has 0 aliphatic carbocycles. The number of aromatic nitrogens is 1. The van der Waals surface area contributed by atoms with Crippen molar-refractivity contribution in [3.05, 3.63) is 53.5 Å². The van der Waals surface area contributed by atoms with E-state index in [1.807, 2.05) is 24.3 Å². The Bertz CT molecular complexity index is 706. The van der Waals surface area contributed by atoms with E-state index in [9.17, 15) is 0 Å². The molecule has 0 fully saturated rings. The summed E-state index contributed by atoms with van der Waals surface area (Å²) in [4.78, 5) is 8.22. The minimum atomic E-state index is -1.92. The summed E-state index contributed by atoms with van der Waals surface area (Å²) in [5.41, 5.74) is 4.13. The predicted molar refractivity (Wildman–Crippen MR) is 97.5 cm³/mol. The number of rotatable bonds is 4. The molecule has 2 rings (SSSR count). The van der Waals surface area contributed by atoms with E-state index in [1.165, 1.54) is 9.96 Å². The van der Waals surface area contributed by atoms with Crippen LogP contribution in [-0.4, -0.2) is 18.3 Å². The molecule has 114 valence electrons. The van der Waals surface area contributed by atoms with Crippen LogP contribution in [0.2, 0.25) is 17.3 Å². The summed E-state index contributed by atoms with van der Waals surface area (Å²) in [5, 5.41) is 0. The van der Waals surface area contributed by atoms with Gasteiger partial charge in [-0.25, -0.2) is 0 Å². The van der Waals surface area contributed by atoms with Crippen molar-refractivity contribution in [2.75, 3.05) is 0 Å². The number of nitrogens with zero attached hydrogens (tertiary/aromatic N) is 2. The van der Waals surface area contributed by atoms with E-state index >= 15 is 0 Å². The van der Waals surface area contributed by atoms with Gasteiger partial charge in [0.25, 0.3) is 0 Å². The summed E-state index contributed by atoms with van der Waals surface area (Å²) in [7, 11) is 0. The molecular formula is C19H24GeN2. The standard InChI is InChI=1S/C19H24GeN2/c1-14(2)10-16-12-19(22-13-18(16)20(3,4)5)15-8-7-9-17(11-15)21-6/h7-9,11-14H,10H2,1-5H3. The van der Waals surface area contributed by atoms with Gasteiger partial charge in [0.05, 0.1) is 0 Å². The summed E-state index contributed by atoms with van der Waals surface area (Å²) >= 11 is -1.92. The third-order valence-electron chi connectivity index (χ3n) is 3.70. The van der Waals surface area contributed by atoms with Gasteiger partial charge in [-0.3, -0.25) is 0 Å². The normalized spacial score (nSPS) is 11.5. The summed E-state index contributed by atoms with van der Waals surface area (Å²) in [5.74, 6) is 7.88. The van der Waals surface area contributed by atoms with E-state index < -0.39 is 13.3 Å². The number of pyridine rings is 1. The molecule has 0 N–H and O–H groups in total. The Morgan fingerprint density at radius 3 is 2.50 bits per heavy atom. The van der Waals surface area contributed by atoms with Crippen molar-refractivity contribution in [2.45, 2.75) is 37.5 Å². The Morgan fingerprint density at radius 1 is 1.18 bits per heavy atom. The van der Waals surface area contributed by atoms with Crippen molar-refractivity contribution < 1.29 is 0 Å². The average Bonchev–Trinajstić information content (AvgIpc) is 2.45. The first-order chi connectivity index (χ1) is 10.3. The molecule has 0 spiro atoms. The zero-order valence-corrected chi connectivity index (χ0v) is 16.2. The zero-order chi connectivity index (χ0) is 16.3. The maximum absolute atomic E-state index is 7.17. The van der Waals surface area contributed by atoms with Crippen LogP contribution in [0.5, 0.6) is 0 Å². The average molecular weight is 353 g/mol. The summed E-state index contributed by atoms with van der Waals surface area (Å²) in [6, 6.07) is 9.97. The fourth-order valence-corrected chi connectivity index (χ4v) is 6.01. The maximum atomic E-state index is 7.17. The first-order valence-electron chi connectivity index (χ1n) is 7.78. The van der Waals surface area contributed by atoms with Crippen molar-refractivity contribution in [2.24, 2.45) is 5.92 Å². The van der Waals surface area contributed by atoms with Crippen LogP contribution in [0.4, 0.5) is 5.69 Å². The van der Waals surface area contributed by atoms with Gasteiger partial charge in [-0.05, 0) is 0 Å². The molecule has 0 amide bonds. The third kappa shape index (κ3) is 3.98. The molecule has 0 unspecified atom stereocenters. The van der Waals surface area contributed by atoms with Crippen LogP contribution < -0.4 is 4.40 Å². The van der Waals surface area contributed by atoms with Crippen LogP contribution in [-0.2, 0) is 6.42 Å². The Kier molecular flexibility index (Phi) is 5.08. The van der Waals surface area contributed by atoms with Crippen LogP contribution in [0.25, 0.3) is 16.1 Å². The van der Waals surface area contributed by atoms with E-state index in [4.69, 9.17) is 11.6 Å². The van der Waals surface area contributed by atoms with E-state index in [0.29, 0.717) is 11.6 Å². The van der Waals surface area contributed by atoms with E-state index in [-0.39, 0.29) is 0 Å². The molecule has 0 aliphatic rings. The van der Waals surface area contributed by atoms with Gasteiger partial charge in [0.15, 0.2) is 0 Å². The topological polar surface area (TPSA) is 17.2 Å². The summed E-state index contributed by atoms with van der Waals surface area (Å²) in [6.07, 6.45) is 3.19. The van der Waals surface area contributed by atoms with Crippen molar-refractivity contribution in [1.29, 1.82) is 0 Å². The SMILES string of the molecule is [C-]#[N+]c1cccc(-c2cc(CC(C)C)[c]([Ge]([CH3])([CH3])[CH3])cn2)c1. The third-order valence-corrected chi connectivity index (χ3v) is 8.03. The van der Waals surface area contributed by atoms with Crippen molar-refractivity contribution in [3.8, 4) is 11.3 Å². The van der Waals surface area contributed by atoms with Crippen LogP contribution in [0.1, 0.15) is 19.4 Å². The summed E-state index contributed by atoms with van der Waals surface area (Å²) < 4.78 is 1.50. The molecule has 1 aromatic carbocycles. The molecule has 1 aromatic heterocycles. The molecule has 2 aromatic rings. The fourth-order valence-electron chi connectivity index (χ4n) is 2.67. The molecule has 0 saturated carbocycles. The minimum absolute atomic E-state index is 0.633. The Morgan fingerprint density at radius 2 is 1.91 bits per heavy atom. The molecule has 3 heteroatoms. The molecule has 0 saturated heterocycles. The van der Waals surface area contributed by atoms with E-state index in [0.717, 1.165) is 17.7 Å². The molecular weight excluding hydrogens is 329 g/mol. The zero-order valence-electron chi connectivity index (χ0n) is 14.1. The number of benzene rings is 1. The van der Waals surface area contributed by atoms with Crippen molar-refractivity contribution in [1.82, 2.24) is 4.98 Å². The molecule has 0 radical (unpaired) electrons. The Hall–Kier alpha value is -1.60. The quantitative estimate of drug-likeness (QED) is 0.556. The first-order valence-corrected chi connectivity index (χ1v) is 15.1. The Labute approximate surface area is 136 Å². The van der Waals surface area contributed by atoms with Gasteiger partial charge in [-0.15, -0.1) is 0 Å². The number of hydrogen-bond donors (Lipinski definition) is 0. The molecule has 0 aliphatic heterocycles. The molecule has 1 heterocycles. The van der Waals surface area contributed by atoms with Crippen LogP contribution in [0.3, 0.4) is 0 Å². The van der Waals surface area contributed by atoms with Gasteiger partial charge in [0.2, 0.25) is 0 Å². The molecule has 2 nitrogen and oxygen atoms in total. The summed E-state index contributed by atoms with van der Waals surface area (Å²) in [6.45, 7) is 11.7. The number of hydrogen-bond acceptors (Lipinski definition) is 1. The molecule has 0 bridgehead atoms. The van der Waals surface area contributed by atoms with Gasteiger partial charge in [0.1, 0.15) is 0 Å². The Balaban J connectivity index is 2.53. The van der Waals surface area contributed by atoms with Gasteiger partial charge in [-0.1, -0.05) is 0 Å². The van der Waals surface area contributed by atoms with Crippen LogP contribution in [0, 0.1) is 12.5 Å². The second kappa shape index (κ2) is 6.66. The second-order valence-electron chi connectivity index (χ2n) is 7.24. The van der Waals surface area contributed by atoms with Crippen molar-refractivity contribution in [3.63, 3.8) is 0 Å². The van der Waals surface area contributed by atoms with Gasteiger partial charge < -0.3 is 0 Å². The fraction of sp³-hybridized carbons (Fsp3) is 0.368. The molecule has 0 atom stereocenters. The predicted octanol–water partition coefficient (Wildman–Crippen LogP) is 5.04. The van der Waals surface area contributed by atoms with Gasteiger partial charge >= 0.3 is 137 Å². The van der Waals surface area contributed by atoms with E-state index in [1.54, 1.807) is 0 Å². The molecule has 22 heavy (non-hydrogen) atoms. The van der Waals surface area contributed by atoms with Crippen LogP contribution >= 0.6 is 0 Å². The second-order valence-corrected chi connectivity index (χ2v) is 17.8. The monoisotopic (exact) mass is 354 g/mol. The van der Waals surface area contributed by atoms with Gasteiger partial charge in [-0.2, -0.15) is 0 Å².